The number of carbonyl (C=O) groups is 2. The van der Waals surface area contributed by atoms with E-state index >= 15 is 0 Å². The van der Waals surface area contributed by atoms with E-state index in [4.69, 9.17) is 4.74 Å². The van der Waals surface area contributed by atoms with Gasteiger partial charge in [-0.1, -0.05) is 23.3 Å². The van der Waals surface area contributed by atoms with Gasteiger partial charge < -0.3 is 20.0 Å². The molecule has 1 aromatic carbocycles. The third-order valence-electron chi connectivity index (χ3n) is 4.27. The van der Waals surface area contributed by atoms with Crippen molar-refractivity contribution in [3.63, 3.8) is 0 Å². The third-order valence-corrected chi connectivity index (χ3v) is 4.27. The minimum absolute atomic E-state index is 0.314. The largest absolute Gasteiger partial charge is 0.550 e. The van der Waals surface area contributed by atoms with Gasteiger partial charge in [-0.3, -0.25) is 4.79 Å². The summed E-state index contributed by atoms with van der Waals surface area (Å²) in [5.41, 5.74) is 2.63. The molecule has 5 nitrogen and oxygen atoms in total. The molecule has 0 heterocycles. The molecular formula is C17H20NO4-. The fourth-order valence-corrected chi connectivity index (χ4v) is 2.79. The lowest BCUT2D eigenvalue weighted by atomic mass is 9.76. The second-order valence-corrected chi connectivity index (χ2v) is 5.69. The molecule has 2 rings (SSSR count). The number of methoxy groups -OCH3 is 1. The van der Waals surface area contributed by atoms with Crippen molar-refractivity contribution in [1.29, 1.82) is 0 Å². The van der Waals surface area contributed by atoms with Crippen LogP contribution in [0.3, 0.4) is 0 Å². The van der Waals surface area contributed by atoms with Gasteiger partial charge in [-0.2, -0.15) is 0 Å². The summed E-state index contributed by atoms with van der Waals surface area (Å²) in [7, 11) is 1.52. The predicted molar refractivity (Wildman–Crippen MR) is 81.2 cm³/mol. The molecule has 5 heteroatoms. The van der Waals surface area contributed by atoms with E-state index in [1.54, 1.807) is 24.3 Å². The molecule has 0 radical (unpaired) electrons. The van der Waals surface area contributed by atoms with E-state index in [-0.39, 0.29) is 5.91 Å². The smallest absolute Gasteiger partial charge is 0.228 e. The molecule has 0 spiro atoms. The van der Waals surface area contributed by atoms with Crippen molar-refractivity contribution in [2.45, 2.75) is 26.7 Å². The van der Waals surface area contributed by atoms with E-state index < -0.39 is 17.8 Å². The Labute approximate surface area is 130 Å². The first-order chi connectivity index (χ1) is 10.4. The second-order valence-electron chi connectivity index (χ2n) is 5.69. The van der Waals surface area contributed by atoms with Crippen LogP contribution in [0.25, 0.3) is 0 Å². The summed E-state index contributed by atoms with van der Waals surface area (Å²) < 4.78 is 5.19. The molecule has 1 aliphatic rings. The van der Waals surface area contributed by atoms with Crippen LogP contribution in [0.5, 0.6) is 5.75 Å². The number of anilines is 1. The number of amides is 1. The number of aliphatic carboxylic acids is 1. The lowest BCUT2D eigenvalue weighted by Crippen LogP contribution is -2.42. The van der Waals surface area contributed by atoms with Crippen LogP contribution in [-0.2, 0) is 9.59 Å². The van der Waals surface area contributed by atoms with Crippen molar-refractivity contribution < 1.29 is 19.4 Å². The zero-order chi connectivity index (χ0) is 16.3. The molecule has 0 unspecified atom stereocenters. The molecule has 1 aromatic rings. The van der Waals surface area contributed by atoms with Gasteiger partial charge in [0.2, 0.25) is 5.91 Å². The molecule has 0 saturated carbocycles. The molecule has 1 amide bonds. The molecule has 0 bridgehead atoms. The Balaban J connectivity index is 2.22. The maximum atomic E-state index is 12.5. The van der Waals surface area contributed by atoms with Crippen LogP contribution in [0, 0.1) is 11.8 Å². The van der Waals surface area contributed by atoms with Gasteiger partial charge in [0.1, 0.15) is 5.75 Å². The number of allylic oxidation sites excluding steroid dienone is 2. The second kappa shape index (κ2) is 6.64. The van der Waals surface area contributed by atoms with Crippen molar-refractivity contribution in [2.75, 3.05) is 12.4 Å². The van der Waals surface area contributed by atoms with Gasteiger partial charge in [0.05, 0.1) is 18.7 Å². The first-order valence-corrected chi connectivity index (χ1v) is 7.24. The first-order valence-electron chi connectivity index (χ1n) is 7.24. The molecule has 0 fully saturated rings. The van der Waals surface area contributed by atoms with E-state index in [1.807, 2.05) is 13.8 Å². The summed E-state index contributed by atoms with van der Waals surface area (Å²) >= 11 is 0. The Hall–Kier alpha value is -2.30. The van der Waals surface area contributed by atoms with Gasteiger partial charge in [0.15, 0.2) is 0 Å². The molecule has 2 atom stereocenters. The fourth-order valence-electron chi connectivity index (χ4n) is 2.79. The van der Waals surface area contributed by atoms with Gasteiger partial charge in [-0.25, -0.2) is 0 Å². The van der Waals surface area contributed by atoms with E-state index in [2.05, 4.69) is 5.32 Å². The van der Waals surface area contributed by atoms with Crippen LogP contribution in [-0.4, -0.2) is 19.0 Å². The standard InChI is InChI=1S/C17H21NO4/c1-10-8-12(13(17(20)21)9-11(10)2)16(19)18-14-6-4-5-7-15(14)22-3/h4-7,12-13H,8-9H2,1-3H3,(H,18,19)(H,20,21)/p-1/t12-,13-/m1/s1. The van der Waals surface area contributed by atoms with Crippen molar-refractivity contribution in [3.05, 3.63) is 35.4 Å². The molecule has 1 aliphatic carbocycles. The molecule has 22 heavy (non-hydrogen) atoms. The molecule has 118 valence electrons. The van der Waals surface area contributed by atoms with E-state index in [9.17, 15) is 14.7 Å². The van der Waals surface area contributed by atoms with Gasteiger partial charge in [-0.05, 0) is 38.8 Å². The minimum Gasteiger partial charge on any atom is -0.550 e. The lowest BCUT2D eigenvalue weighted by molar-refractivity contribution is -0.313. The normalized spacial score (nSPS) is 21.4. The highest BCUT2D eigenvalue weighted by Gasteiger charge is 2.33. The number of hydrogen-bond acceptors (Lipinski definition) is 4. The SMILES string of the molecule is COc1ccccc1NC(=O)[C@@H]1CC(C)=C(C)C[C@H]1C(=O)[O-]. The van der Waals surface area contributed by atoms with Crippen LogP contribution in [0.15, 0.2) is 35.4 Å². The van der Waals surface area contributed by atoms with Crippen LogP contribution >= 0.6 is 0 Å². The molecule has 0 aromatic heterocycles. The van der Waals surface area contributed by atoms with Crippen molar-refractivity contribution in [3.8, 4) is 5.75 Å². The van der Waals surface area contributed by atoms with Gasteiger partial charge in [-0.15, -0.1) is 0 Å². The van der Waals surface area contributed by atoms with Gasteiger partial charge >= 0.3 is 0 Å². The summed E-state index contributed by atoms with van der Waals surface area (Å²) in [6.07, 6.45) is 0.795. The summed E-state index contributed by atoms with van der Waals surface area (Å²) in [5.74, 6) is -2.37. The number of hydrogen-bond donors (Lipinski definition) is 1. The maximum Gasteiger partial charge on any atom is 0.228 e. The lowest BCUT2D eigenvalue weighted by Gasteiger charge is -2.32. The number of carboxylic acids is 1. The number of ether oxygens (including phenoxy) is 1. The van der Waals surface area contributed by atoms with E-state index in [1.165, 1.54) is 7.11 Å². The number of carboxylic acid groups (broad SMARTS) is 1. The Kier molecular flexibility index (Phi) is 4.85. The Morgan fingerprint density at radius 2 is 1.73 bits per heavy atom. The summed E-state index contributed by atoms with van der Waals surface area (Å²) in [6.45, 7) is 3.84. The topological polar surface area (TPSA) is 78.5 Å². The summed E-state index contributed by atoms with van der Waals surface area (Å²) in [6, 6.07) is 7.05. The Bertz CT molecular complexity index is 621. The average Bonchev–Trinajstić information content (AvgIpc) is 2.49. The zero-order valence-electron chi connectivity index (χ0n) is 13.0. The Morgan fingerprint density at radius 3 is 2.32 bits per heavy atom. The minimum atomic E-state index is -1.17. The number of para-hydroxylation sites is 2. The molecule has 1 N–H and O–H groups in total. The third kappa shape index (κ3) is 3.30. The number of benzene rings is 1. The monoisotopic (exact) mass is 302 g/mol. The van der Waals surface area contributed by atoms with E-state index in [0.717, 1.165) is 11.1 Å². The quantitative estimate of drug-likeness (QED) is 0.859. The van der Waals surface area contributed by atoms with Crippen LogP contribution < -0.4 is 15.2 Å². The molecule has 0 saturated heterocycles. The Morgan fingerprint density at radius 1 is 1.14 bits per heavy atom. The number of rotatable bonds is 4. The van der Waals surface area contributed by atoms with E-state index in [0.29, 0.717) is 24.3 Å². The van der Waals surface area contributed by atoms with Crippen LogP contribution in [0.2, 0.25) is 0 Å². The van der Waals surface area contributed by atoms with Gasteiger partial charge in [0.25, 0.3) is 0 Å². The number of carbonyl (C=O) groups excluding carboxylic acids is 2. The van der Waals surface area contributed by atoms with Crippen molar-refractivity contribution in [2.24, 2.45) is 11.8 Å². The summed E-state index contributed by atoms with van der Waals surface area (Å²) in [5, 5.41) is 14.1. The summed E-state index contributed by atoms with van der Waals surface area (Å²) in [4.78, 5) is 23.9. The highest BCUT2D eigenvalue weighted by atomic mass is 16.5. The molecule has 0 aliphatic heterocycles. The average molecular weight is 302 g/mol. The van der Waals surface area contributed by atoms with Crippen molar-refractivity contribution in [1.82, 2.24) is 0 Å². The number of nitrogens with one attached hydrogen (secondary N) is 1. The predicted octanol–water partition coefficient (Wildman–Crippen LogP) is 1.75. The zero-order valence-corrected chi connectivity index (χ0v) is 13.0. The highest BCUT2D eigenvalue weighted by Crippen LogP contribution is 2.35. The first kappa shape index (κ1) is 16.1. The van der Waals surface area contributed by atoms with Crippen molar-refractivity contribution >= 4 is 17.6 Å². The highest BCUT2D eigenvalue weighted by molar-refractivity contribution is 5.96. The molecular weight excluding hydrogens is 282 g/mol. The van der Waals surface area contributed by atoms with Gasteiger partial charge in [0, 0.05) is 11.9 Å². The van der Waals surface area contributed by atoms with Crippen LogP contribution in [0.1, 0.15) is 26.7 Å². The maximum absolute atomic E-state index is 12.5. The van der Waals surface area contributed by atoms with Crippen LogP contribution in [0.4, 0.5) is 5.69 Å². The fraction of sp³-hybridized carbons (Fsp3) is 0.412.